The Balaban J connectivity index is 2.09. The van der Waals surface area contributed by atoms with Crippen molar-refractivity contribution in [1.82, 2.24) is 0 Å². The second-order valence-electron chi connectivity index (χ2n) is 6.18. The summed E-state index contributed by atoms with van der Waals surface area (Å²) in [5, 5.41) is 19.0. The average Bonchev–Trinajstić information content (AvgIpc) is 2.80. The van der Waals surface area contributed by atoms with Crippen LogP contribution in [0.4, 0.5) is 5.69 Å². The first-order valence-electron chi connectivity index (χ1n) is 7.11. The number of aliphatic carboxylic acids is 1. The lowest BCUT2D eigenvalue weighted by Crippen LogP contribution is -2.35. The molecule has 2 rings (SSSR count). The lowest BCUT2D eigenvalue weighted by Gasteiger charge is -2.24. The van der Waals surface area contributed by atoms with Crippen molar-refractivity contribution in [3.05, 3.63) is 29.8 Å². The van der Waals surface area contributed by atoms with Gasteiger partial charge in [0.2, 0.25) is 5.91 Å². The van der Waals surface area contributed by atoms with E-state index in [4.69, 9.17) is 0 Å². The van der Waals surface area contributed by atoms with Crippen LogP contribution in [0.1, 0.15) is 32.3 Å². The summed E-state index contributed by atoms with van der Waals surface area (Å²) in [7, 11) is 0. The van der Waals surface area contributed by atoms with Gasteiger partial charge in [-0.1, -0.05) is 18.2 Å². The Bertz CT molecular complexity index is 547. The minimum atomic E-state index is -1.10. The smallest absolute Gasteiger partial charge is 0.307 e. The monoisotopic (exact) mass is 291 g/mol. The van der Waals surface area contributed by atoms with Crippen LogP contribution in [0.3, 0.4) is 0 Å². The summed E-state index contributed by atoms with van der Waals surface area (Å²) in [6.45, 7) is 3.70. The number of aliphatic hydroxyl groups is 1. The van der Waals surface area contributed by atoms with Crippen molar-refractivity contribution in [3.63, 3.8) is 0 Å². The van der Waals surface area contributed by atoms with Crippen LogP contribution in [-0.2, 0) is 16.0 Å². The molecule has 1 amide bonds. The highest BCUT2D eigenvalue weighted by Gasteiger charge is 2.31. The fourth-order valence-electron chi connectivity index (χ4n) is 2.77. The summed E-state index contributed by atoms with van der Waals surface area (Å²) < 4.78 is 0. The number of anilines is 1. The van der Waals surface area contributed by atoms with Gasteiger partial charge >= 0.3 is 5.97 Å². The molecule has 1 aromatic rings. The largest absolute Gasteiger partial charge is 0.481 e. The third-order valence-electron chi connectivity index (χ3n) is 3.70. The molecule has 0 saturated carbocycles. The van der Waals surface area contributed by atoms with Crippen LogP contribution in [0.15, 0.2) is 24.3 Å². The van der Waals surface area contributed by atoms with E-state index < -0.39 is 17.5 Å². The lowest BCUT2D eigenvalue weighted by molar-refractivity contribution is -0.145. The maximum atomic E-state index is 12.4. The highest BCUT2D eigenvalue weighted by atomic mass is 16.4. The Kier molecular flexibility index (Phi) is 4.32. The van der Waals surface area contributed by atoms with Crippen LogP contribution in [0, 0.1) is 5.92 Å². The molecule has 1 aliphatic rings. The number of rotatable bonds is 5. The zero-order valence-corrected chi connectivity index (χ0v) is 12.4. The van der Waals surface area contributed by atoms with Gasteiger partial charge in [0.1, 0.15) is 0 Å². The molecule has 5 heteroatoms. The maximum Gasteiger partial charge on any atom is 0.307 e. The highest BCUT2D eigenvalue weighted by molar-refractivity contribution is 5.97. The molecule has 0 spiro atoms. The molecule has 0 radical (unpaired) electrons. The van der Waals surface area contributed by atoms with Crippen LogP contribution in [0.2, 0.25) is 0 Å². The van der Waals surface area contributed by atoms with Gasteiger partial charge in [0.25, 0.3) is 0 Å². The van der Waals surface area contributed by atoms with Gasteiger partial charge in [-0.15, -0.1) is 0 Å². The summed E-state index contributed by atoms with van der Waals surface area (Å²) in [4.78, 5) is 25.3. The van der Waals surface area contributed by atoms with E-state index in [9.17, 15) is 19.8 Å². The van der Waals surface area contributed by atoms with E-state index >= 15 is 0 Å². The zero-order valence-electron chi connectivity index (χ0n) is 12.4. The number of carboxylic acids is 1. The third kappa shape index (κ3) is 3.82. The minimum Gasteiger partial charge on any atom is -0.481 e. The first kappa shape index (κ1) is 15.5. The third-order valence-corrected chi connectivity index (χ3v) is 3.70. The number of carbonyl (C=O) groups is 2. The van der Waals surface area contributed by atoms with Crippen molar-refractivity contribution in [2.24, 2.45) is 5.92 Å². The van der Waals surface area contributed by atoms with Crippen LogP contribution >= 0.6 is 0 Å². The zero-order chi connectivity index (χ0) is 15.6. The fraction of sp³-hybridized carbons (Fsp3) is 0.500. The molecule has 1 aliphatic heterocycles. The molecule has 0 saturated heterocycles. The van der Waals surface area contributed by atoms with Gasteiger partial charge in [-0.25, -0.2) is 0 Å². The first-order valence-corrected chi connectivity index (χ1v) is 7.11. The van der Waals surface area contributed by atoms with Gasteiger partial charge in [0.05, 0.1) is 11.5 Å². The summed E-state index contributed by atoms with van der Waals surface area (Å²) in [6.07, 6.45) is 0.766. The molecule has 0 aliphatic carbocycles. The Morgan fingerprint density at radius 3 is 2.62 bits per heavy atom. The van der Waals surface area contributed by atoms with Gasteiger partial charge in [-0.3, -0.25) is 9.59 Å². The number of hydrogen-bond donors (Lipinski definition) is 2. The van der Waals surface area contributed by atoms with Crippen LogP contribution < -0.4 is 4.90 Å². The fourth-order valence-corrected chi connectivity index (χ4v) is 2.77. The van der Waals surface area contributed by atoms with E-state index in [1.54, 1.807) is 18.7 Å². The quantitative estimate of drug-likeness (QED) is 0.867. The summed E-state index contributed by atoms with van der Waals surface area (Å²) in [6, 6.07) is 7.66. The van der Waals surface area contributed by atoms with E-state index in [1.807, 2.05) is 24.3 Å². The van der Waals surface area contributed by atoms with E-state index in [-0.39, 0.29) is 18.7 Å². The van der Waals surface area contributed by atoms with E-state index in [2.05, 4.69) is 0 Å². The molecule has 0 fully saturated rings. The standard InChI is InChI=1S/C16H21NO4/c1-16(2,21)10-12(15(19)20)9-14(18)17-8-7-11-5-3-4-6-13(11)17/h3-6,12,21H,7-10H2,1-2H3,(H,19,20). The molecular formula is C16H21NO4. The van der Waals surface area contributed by atoms with Crippen molar-refractivity contribution < 1.29 is 19.8 Å². The minimum absolute atomic E-state index is 0.0591. The number of nitrogens with zero attached hydrogens (tertiary/aromatic N) is 1. The Morgan fingerprint density at radius 1 is 1.33 bits per heavy atom. The second-order valence-corrected chi connectivity index (χ2v) is 6.18. The van der Waals surface area contributed by atoms with E-state index in [0.29, 0.717) is 6.54 Å². The van der Waals surface area contributed by atoms with Crippen molar-refractivity contribution in [2.45, 2.75) is 38.7 Å². The van der Waals surface area contributed by atoms with Gasteiger partial charge in [-0.05, 0) is 38.3 Å². The number of para-hydroxylation sites is 1. The lowest BCUT2D eigenvalue weighted by atomic mass is 9.90. The number of hydrogen-bond acceptors (Lipinski definition) is 3. The maximum absolute atomic E-state index is 12.4. The van der Waals surface area contributed by atoms with Crippen LogP contribution in [-0.4, -0.2) is 34.2 Å². The second kappa shape index (κ2) is 5.85. The van der Waals surface area contributed by atoms with Gasteiger partial charge in [0, 0.05) is 18.7 Å². The molecular weight excluding hydrogens is 270 g/mol. The van der Waals surface area contributed by atoms with Gasteiger partial charge in [-0.2, -0.15) is 0 Å². The van der Waals surface area contributed by atoms with Crippen LogP contribution in [0.5, 0.6) is 0 Å². The van der Waals surface area contributed by atoms with Crippen molar-refractivity contribution in [1.29, 1.82) is 0 Å². The molecule has 5 nitrogen and oxygen atoms in total. The highest BCUT2D eigenvalue weighted by Crippen LogP contribution is 2.29. The Morgan fingerprint density at radius 2 is 2.00 bits per heavy atom. The molecule has 0 bridgehead atoms. The molecule has 1 atom stereocenters. The average molecular weight is 291 g/mol. The van der Waals surface area contributed by atoms with Crippen molar-refractivity contribution in [3.8, 4) is 0 Å². The number of benzene rings is 1. The van der Waals surface area contributed by atoms with Gasteiger partial charge in [0.15, 0.2) is 0 Å². The molecule has 21 heavy (non-hydrogen) atoms. The molecule has 1 aromatic carbocycles. The van der Waals surface area contributed by atoms with Crippen molar-refractivity contribution in [2.75, 3.05) is 11.4 Å². The molecule has 0 aromatic heterocycles. The summed E-state index contributed by atoms with van der Waals surface area (Å²) in [5.74, 6) is -2.11. The number of carbonyl (C=O) groups excluding carboxylic acids is 1. The van der Waals surface area contributed by atoms with E-state index in [0.717, 1.165) is 17.7 Å². The Hall–Kier alpha value is -1.88. The van der Waals surface area contributed by atoms with Crippen LogP contribution in [0.25, 0.3) is 0 Å². The number of fused-ring (bicyclic) bond motifs is 1. The summed E-state index contributed by atoms with van der Waals surface area (Å²) >= 11 is 0. The normalized spacial score (nSPS) is 15.7. The topological polar surface area (TPSA) is 77.8 Å². The number of carboxylic acid groups (broad SMARTS) is 1. The number of amides is 1. The van der Waals surface area contributed by atoms with Gasteiger partial charge < -0.3 is 15.1 Å². The SMILES string of the molecule is CC(C)(O)CC(CC(=O)N1CCc2ccccc21)C(=O)O. The molecule has 2 N–H and O–H groups in total. The van der Waals surface area contributed by atoms with E-state index in [1.165, 1.54) is 0 Å². The molecule has 1 unspecified atom stereocenters. The molecule has 114 valence electrons. The first-order chi connectivity index (χ1) is 9.78. The summed E-state index contributed by atoms with van der Waals surface area (Å²) in [5.41, 5.74) is 0.877. The predicted molar refractivity (Wildman–Crippen MR) is 79.2 cm³/mol. The Labute approximate surface area is 124 Å². The predicted octanol–water partition coefficient (Wildman–Crippen LogP) is 1.83. The molecule has 1 heterocycles. The van der Waals surface area contributed by atoms with Crippen molar-refractivity contribution >= 4 is 17.6 Å².